The van der Waals surface area contributed by atoms with Gasteiger partial charge < -0.3 is 9.47 Å². The molecule has 0 aromatic heterocycles. The maximum absolute atomic E-state index is 13.6. The summed E-state index contributed by atoms with van der Waals surface area (Å²) in [6, 6.07) is 4.30. The van der Waals surface area contributed by atoms with Gasteiger partial charge in [-0.2, -0.15) is 26.3 Å². The van der Waals surface area contributed by atoms with Gasteiger partial charge in [-0.3, -0.25) is 9.69 Å². The minimum atomic E-state index is -5.00. The van der Waals surface area contributed by atoms with E-state index in [1.165, 1.54) is 25.9 Å². The van der Waals surface area contributed by atoms with Crippen molar-refractivity contribution in [1.82, 2.24) is 4.90 Å². The molecule has 0 spiro atoms. The molecule has 40 heavy (non-hydrogen) atoms. The summed E-state index contributed by atoms with van der Waals surface area (Å²) in [4.78, 5) is 26.5. The van der Waals surface area contributed by atoms with Crippen LogP contribution in [0.1, 0.15) is 68.8 Å². The first-order valence-electron chi connectivity index (χ1n) is 13.0. The van der Waals surface area contributed by atoms with Gasteiger partial charge in [0.05, 0.1) is 18.7 Å². The summed E-state index contributed by atoms with van der Waals surface area (Å²) in [7, 11) is 1.51. The molecular formula is C29H31F6NO4. The quantitative estimate of drug-likeness (QED) is 0.258. The number of halogens is 6. The maximum atomic E-state index is 13.6. The Bertz CT molecular complexity index is 1290. The average Bonchev–Trinajstić information content (AvgIpc) is 3.16. The largest absolute Gasteiger partial charge is 0.496 e. The minimum Gasteiger partial charge on any atom is -0.496 e. The number of allylic oxidation sites excluding steroid dienone is 4. The SMILES string of the molecule is COc1ccc(C(C)=O)cc1C1=C(CN2C(=O)OC(C3(C)C=C(C(F)(F)F)C=C(C(F)(F)F)C3)C2C)CCCC1. The van der Waals surface area contributed by atoms with Crippen LogP contribution in [0.3, 0.4) is 0 Å². The first-order chi connectivity index (χ1) is 18.5. The van der Waals surface area contributed by atoms with Gasteiger partial charge in [-0.15, -0.1) is 0 Å². The molecular weight excluding hydrogens is 540 g/mol. The molecule has 3 aliphatic rings. The molecule has 4 rings (SSSR count). The number of hydrogen-bond acceptors (Lipinski definition) is 4. The third-order valence-corrected chi connectivity index (χ3v) is 7.99. The van der Waals surface area contributed by atoms with Crippen LogP contribution in [0.15, 0.2) is 47.1 Å². The molecule has 1 saturated heterocycles. The predicted molar refractivity (Wildman–Crippen MR) is 136 cm³/mol. The highest BCUT2D eigenvalue weighted by molar-refractivity contribution is 5.95. The van der Waals surface area contributed by atoms with Crippen LogP contribution < -0.4 is 4.74 Å². The molecule has 0 saturated carbocycles. The Morgan fingerprint density at radius 1 is 1.12 bits per heavy atom. The lowest BCUT2D eigenvalue weighted by molar-refractivity contribution is -0.105. The summed E-state index contributed by atoms with van der Waals surface area (Å²) in [5.41, 5.74) is -1.47. The number of benzene rings is 1. The van der Waals surface area contributed by atoms with Crippen molar-refractivity contribution in [2.75, 3.05) is 13.7 Å². The molecule has 1 fully saturated rings. The molecule has 1 amide bonds. The van der Waals surface area contributed by atoms with Crippen molar-refractivity contribution < 1.29 is 45.4 Å². The van der Waals surface area contributed by atoms with E-state index in [-0.39, 0.29) is 18.4 Å². The highest BCUT2D eigenvalue weighted by Crippen LogP contribution is 2.49. The summed E-state index contributed by atoms with van der Waals surface area (Å²) < 4.78 is 92.7. The average molecular weight is 572 g/mol. The molecule has 3 unspecified atom stereocenters. The van der Waals surface area contributed by atoms with Gasteiger partial charge in [-0.1, -0.05) is 13.0 Å². The normalized spacial score (nSPS) is 25.9. The predicted octanol–water partition coefficient (Wildman–Crippen LogP) is 7.82. The van der Waals surface area contributed by atoms with Gasteiger partial charge in [0.25, 0.3) is 0 Å². The number of nitrogens with zero attached hydrogens (tertiary/aromatic N) is 1. The van der Waals surface area contributed by atoms with E-state index in [0.717, 1.165) is 35.6 Å². The van der Waals surface area contributed by atoms with Crippen molar-refractivity contribution in [3.63, 3.8) is 0 Å². The number of ketones is 1. The molecule has 3 atom stereocenters. The number of rotatable bonds is 6. The van der Waals surface area contributed by atoms with E-state index in [0.29, 0.717) is 24.2 Å². The monoisotopic (exact) mass is 571 g/mol. The maximum Gasteiger partial charge on any atom is 0.416 e. The van der Waals surface area contributed by atoms with E-state index in [2.05, 4.69) is 0 Å². The summed E-state index contributed by atoms with van der Waals surface area (Å²) >= 11 is 0. The van der Waals surface area contributed by atoms with Crippen molar-refractivity contribution >= 4 is 17.4 Å². The molecule has 1 aromatic rings. The van der Waals surface area contributed by atoms with E-state index in [1.54, 1.807) is 25.1 Å². The van der Waals surface area contributed by atoms with E-state index >= 15 is 0 Å². The number of cyclic esters (lactones) is 1. The molecule has 0 bridgehead atoms. The summed E-state index contributed by atoms with van der Waals surface area (Å²) in [5, 5.41) is 0. The fraction of sp³-hybridized carbons (Fsp3) is 0.517. The number of Topliss-reactive ketones (excluding diaryl/α,β-unsaturated/α-hetero) is 1. The number of carbonyl (C=O) groups excluding carboxylic acids is 2. The first kappa shape index (κ1) is 29.7. The van der Waals surface area contributed by atoms with Gasteiger partial charge >= 0.3 is 18.4 Å². The second-order valence-corrected chi connectivity index (χ2v) is 10.9. The first-order valence-corrected chi connectivity index (χ1v) is 13.0. The zero-order chi connectivity index (χ0) is 29.6. The topological polar surface area (TPSA) is 55.8 Å². The third-order valence-electron chi connectivity index (χ3n) is 7.99. The second-order valence-electron chi connectivity index (χ2n) is 10.9. The molecule has 5 nitrogen and oxygen atoms in total. The summed E-state index contributed by atoms with van der Waals surface area (Å²) in [5.74, 6) is 0.432. The van der Waals surface area contributed by atoms with E-state index < -0.39 is 53.6 Å². The lowest BCUT2D eigenvalue weighted by Gasteiger charge is -2.38. The van der Waals surface area contributed by atoms with Crippen LogP contribution in [0.5, 0.6) is 5.75 Å². The van der Waals surface area contributed by atoms with Gasteiger partial charge in [0.2, 0.25) is 0 Å². The Morgan fingerprint density at radius 2 is 1.80 bits per heavy atom. The fourth-order valence-corrected chi connectivity index (χ4v) is 5.96. The zero-order valence-electron chi connectivity index (χ0n) is 22.6. The highest BCUT2D eigenvalue weighted by Gasteiger charge is 2.54. The molecule has 218 valence electrons. The Kier molecular flexibility index (Phi) is 7.90. The van der Waals surface area contributed by atoms with Crippen molar-refractivity contribution in [1.29, 1.82) is 0 Å². The highest BCUT2D eigenvalue weighted by atomic mass is 19.4. The van der Waals surface area contributed by atoms with Gasteiger partial charge in [0.15, 0.2) is 5.78 Å². The van der Waals surface area contributed by atoms with E-state index in [4.69, 9.17) is 9.47 Å². The molecule has 0 N–H and O–H groups in total. The molecule has 11 heteroatoms. The van der Waals surface area contributed by atoms with E-state index in [9.17, 15) is 35.9 Å². The number of ether oxygens (including phenoxy) is 2. The van der Waals surface area contributed by atoms with Gasteiger partial charge in [-0.25, -0.2) is 4.79 Å². The van der Waals surface area contributed by atoms with Crippen molar-refractivity contribution in [3.8, 4) is 5.75 Å². The van der Waals surface area contributed by atoms with Crippen LogP contribution >= 0.6 is 0 Å². The Hall–Kier alpha value is -3.24. The van der Waals surface area contributed by atoms with Crippen molar-refractivity contribution in [3.05, 3.63) is 58.2 Å². The van der Waals surface area contributed by atoms with Crippen LogP contribution in [0.2, 0.25) is 0 Å². The van der Waals surface area contributed by atoms with Gasteiger partial charge in [-0.05, 0) is 81.4 Å². The van der Waals surface area contributed by atoms with Crippen LogP contribution in [-0.4, -0.2) is 54.9 Å². The van der Waals surface area contributed by atoms with Crippen molar-refractivity contribution in [2.45, 2.75) is 77.4 Å². The summed E-state index contributed by atoms with van der Waals surface area (Å²) in [6.07, 6.45) is -8.90. The molecule has 1 aliphatic heterocycles. The van der Waals surface area contributed by atoms with Crippen molar-refractivity contribution in [2.24, 2.45) is 5.41 Å². The Labute approximate surface area is 228 Å². The van der Waals surface area contributed by atoms with Crippen LogP contribution in [0.4, 0.5) is 31.1 Å². The van der Waals surface area contributed by atoms with Gasteiger partial charge in [0.1, 0.15) is 11.9 Å². The number of amides is 1. The molecule has 1 heterocycles. The number of carbonyl (C=O) groups is 2. The lowest BCUT2D eigenvalue weighted by Crippen LogP contribution is -2.44. The molecule has 1 aromatic carbocycles. The fourth-order valence-electron chi connectivity index (χ4n) is 5.96. The Balaban J connectivity index is 1.69. The van der Waals surface area contributed by atoms with Crippen LogP contribution in [0, 0.1) is 5.41 Å². The minimum absolute atomic E-state index is 0.0905. The van der Waals surface area contributed by atoms with Crippen LogP contribution in [-0.2, 0) is 4.74 Å². The number of methoxy groups -OCH3 is 1. The van der Waals surface area contributed by atoms with Gasteiger partial charge in [0, 0.05) is 28.7 Å². The third kappa shape index (κ3) is 5.78. The zero-order valence-corrected chi connectivity index (χ0v) is 22.6. The van der Waals surface area contributed by atoms with E-state index in [1.807, 2.05) is 0 Å². The number of hydrogen-bond donors (Lipinski definition) is 0. The van der Waals surface area contributed by atoms with Crippen LogP contribution in [0.25, 0.3) is 5.57 Å². The smallest absolute Gasteiger partial charge is 0.416 e. The molecule has 0 radical (unpaired) electrons. The second kappa shape index (κ2) is 10.6. The number of alkyl halides is 6. The Morgan fingerprint density at radius 3 is 2.40 bits per heavy atom. The summed E-state index contributed by atoms with van der Waals surface area (Å²) in [6.45, 7) is 4.38. The standard InChI is InChI=1S/C29H31F6NO4/c1-16-25(27(3)13-20(28(30,31)32)12-21(14-27)29(33,34)35)40-26(38)36(16)15-19-7-5-6-8-22(19)23-11-18(17(2)37)9-10-24(23)39-4/h9-13,16,25H,5-8,14-15H2,1-4H3. The lowest BCUT2D eigenvalue weighted by atomic mass is 9.71. The molecule has 2 aliphatic carbocycles.